The molecule has 1 aliphatic rings. The number of carbonyl (C=O) groups excluding carboxylic acids is 1. The molecule has 2 aromatic rings. The van der Waals surface area contributed by atoms with Crippen LogP contribution in [0.15, 0.2) is 24.3 Å². The average Bonchev–Trinajstić information content (AvgIpc) is 3.17. The van der Waals surface area contributed by atoms with E-state index in [0.29, 0.717) is 5.13 Å². The predicted molar refractivity (Wildman–Crippen MR) is 85.4 cm³/mol. The van der Waals surface area contributed by atoms with Gasteiger partial charge in [0.2, 0.25) is 10.3 Å². The van der Waals surface area contributed by atoms with E-state index < -0.39 is 17.8 Å². The Balaban J connectivity index is 1.66. The number of halogens is 3. The number of alkyl halides is 3. The summed E-state index contributed by atoms with van der Waals surface area (Å²) < 4.78 is 38.7. The van der Waals surface area contributed by atoms with E-state index in [9.17, 15) is 18.0 Å². The average molecular weight is 357 g/mol. The lowest BCUT2D eigenvalue weighted by atomic mass is 10.1. The number of nitrogens with zero attached hydrogens (tertiary/aromatic N) is 3. The first-order valence-corrected chi connectivity index (χ1v) is 8.08. The zero-order valence-electron chi connectivity index (χ0n) is 12.4. The molecule has 6 nitrogen and oxygen atoms in total. The summed E-state index contributed by atoms with van der Waals surface area (Å²) in [7, 11) is 0. The summed E-state index contributed by atoms with van der Waals surface area (Å²) in [4.78, 5) is 14.0. The summed E-state index contributed by atoms with van der Waals surface area (Å²) in [5.74, 6) is 0. The number of urea groups is 1. The molecule has 0 atom stereocenters. The molecule has 1 aromatic heterocycles. The van der Waals surface area contributed by atoms with Gasteiger partial charge in [0.15, 0.2) is 0 Å². The number of anilines is 3. The monoisotopic (exact) mass is 357 g/mol. The van der Waals surface area contributed by atoms with Crippen molar-refractivity contribution in [1.29, 1.82) is 0 Å². The van der Waals surface area contributed by atoms with Crippen LogP contribution >= 0.6 is 11.3 Å². The van der Waals surface area contributed by atoms with Crippen molar-refractivity contribution in [1.82, 2.24) is 10.2 Å². The fourth-order valence-corrected chi connectivity index (χ4v) is 3.18. The molecule has 1 aliphatic heterocycles. The Hall–Kier alpha value is -2.36. The molecule has 0 saturated carbocycles. The van der Waals surface area contributed by atoms with Gasteiger partial charge in [-0.25, -0.2) is 4.79 Å². The summed E-state index contributed by atoms with van der Waals surface area (Å²) in [6, 6.07) is 3.99. The van der Waals surface area contributed by atoms with Gasteiger partial charge in [0.05, 0.1) is 11.3 Å². The van der Waals surface area contributed by atoms with Crippen LogP contribution in [0.2, 0.25) is 0 Å². The quantitative estimate of drug-likeness (QED) is 0.877. The van der Waals surface area contributed by atoms with E-state index in [1.54, 1.807) is 0 Å². The minimum absolute atomic E-state index is 0.235. The van der Waals surface area contributed by atoms with Crippen molar-refractivity contribution in [2.45, 2.75) is 19.0 Å². The fraction of sp³-hybridized carbons (Fsp3) is 0.357. The van der Waals surface area contributed by atoms with E-state index in [4.69, 9.17) is 0 Å². The Morgan fingerprint density at radius 1 is 1.12 bits per heavy atom. The molecule has 3 rings (SSSR count). The number of nitrogens with one attached hydrogen (secondary N) is 2. The van der Waals surface area contributed by atoms with Gasteiger partial charge in [0.1, 0.15) is 0 Å². The second-order valence-corrected chi connectivity index (χ2v) is 6.16. The Morgan fingerprint density at radius 3 is 2.54 bits per heavy atom. The highest BCUT2D eigenvalue weighted by Crippen LogP contribution is 2.34. The summed E-state index contributed by atoms with van der Waals surface area (Å²) in [5.41, 5.74) is -1.22. The fourth-order valence-electron chi connectivity index (χ4n) is 2.39. The van der Waals surface area contributed by atoms with Gasteiger partial charge in [-0.3, -0.25) is 5.32 Å². The summed E-state index contributed by atoms with van der Waals surface area (Å²) in [6.07, 6.45) is -2.39. The maximum Gasteiger partial charge on any atom is 0.418 e. The molecule has 0 aliphatic carbocycles. The third-order valence-electron chi connectivity index (χ3n) is 3.49. The maximum absolute atomic E-state index is 12.9. The smallest absolute Gasteiger partial charge is 0.347 e. The molecule has 10 heteroatoms. The van der Waals surface area contributed by atoms with Crippen LogP contribution in [-0.4, -0.2) is 29.3 Å². The predicted octanol–water partition coefficient (Wildman–Crippen LogP) is 3.80. The highest BCUT2D eigenvalue weighted by Gasteiger charge is 2.33. The number of amides is 2. The van der Waals surface area contributed by atoms with Crippen molar-refractivity contribution < 1.29 is 18.0 Å². The number of aromatic nitrogens is 2. The zero-order valence-corrected chi connectivity index (χ0v) is 13.2. The minimum Gasteiger partial charge on any atom is -0.347 e. The lowest BCUT2D eigenvalue weighted by molar-refractivity contribution is -0.136. The van der Waals surface area contributed by atoms with Crippen molar-refractivity contribution in [2.24, 2.45) is 0 Å². The van der Waals surface area contributed by atoms with Gasteiger partial charge in [-0.2, -0.15) is 13.2 Å². The van der Waals surface area contributed by atoms with E-state index in [2.05, 4.69) is 25.7 Å². The summed E-state index contributed by atoms with van der Waals surface area (Å²) in [6.45, 7) is 1.78. The van der Waals surface area contributed by atoms with Crippen LogP contribution in [0, 0.1) is 0 Å². The van der Waals surface area contributed by atoms with Crippen molar-refractivity contribution in [2.75, 3.05) is 28.6 Å². The SMILES string of the molecule is O=C(Nc1nnc(N2CCCC2)s1)Nc1ccccc1C(F)(F)F. The third-order valence-corrected chi connectivity index (χ3v) is 4.39. The molecule has 0 bridgehead atoms. The first-order chi connectivity index (χ1) is 11.4. The first-order valence-electron chi connectivity index (χ1n) is 7.26. The number of benzene rings is 1. The summed E-state index contributed by atoms with van der Waals surface area (Å²) in [5, 5.41) is 13.4. The molecule has 24 heavy (non-hydrogen) atoms. The van der Waals surface area contributed by atoms with Gasteiger partial charge in [-0.15, -0.1) is 10.2 Å². The molecule has 1 saturated heterocycles. The molecule has 1 fully saturated rings. The number of para-hydroxylation sites is 1. The van der Waals surface area contributed by atoms with Crippen LogP contribution in [0.1, 0.15) is 18.4 Å². The largest absolute Gasteiger partial charge is 0.418 e. The van der Waals surface area contributed by atoms with E-state index in [-0.39, 0.29) is 10.8 Å². The van der Waals surface area contributed by atoms with Gasteiger partial charge in [0.25, 0.3) is 0 Å². The standard InChI is InChI=1S/C14H14F3N5OS/c15-14(16,17)9-5-1-2-6-10(9)18-11(23)19-12-20-21-13(24-12)22-7-3-4-8-22/h1-2,5-6H,3-4,7-8H2,(H2,18,19,20,23). The van der Waals surface area contributed by atoms with Crippen molar-refractivity contribution in [3.8, 4) is 0 Å². The van der Waals surface area contributed by atoms with E-state index >= 15 is 0 Å². The van der Waals surface area contributed by atoms with Crippen LogP contribution in [0.5, 0.6) is 0 Å². The molecular formula is C14H14F3N5OS. The van der Waals surface area contributed by atoms with Crippen molar-refractivity contribution in [3.63, 3.8) is 0 Å². The Morgan fingerprint density at radius 2 is 1.83 bits per heavy atom. The lowest BCUT2D eigenvalue weighted by Crippen LogP contribution is -2.21. The molecule has 1 aromatic carbocycles. The highest BCUT2D eigenvalue weighted by molar-refractivity contribution is 7.19. The number of hydrogen-bond acceptors (Lipinski definition) is 5. The Labute approximate surface area is 139 Å². The molecular weight excluding hydrogens is 343 g/mol. The van der Waals surface area contributed by atoms with E-state index in [1.807, 2.05) is 0 Å². The Kier molecular flexibility index (Phi) is 4.56. The van der Waals surface area contributed by atoms with Gasteiger partial charge in [-0.1, -0.05) is 23.5 Å². The third kappa shape index (κ3) is 3.75. The molecule has 2 amide bonds. The van der Waals surface area contributed by atoms with Crippen LogP contribution in [0.4, 0.5) is 33.9 Å². The van der Waals surface area contributed by atoms with Gasteiger partial charge in [-0.05, 0) is 25.0 Å². The molecule has 2 N–H and O–H groups in total. The minimum atomic E-state index is -4.55. The first kappa shape index (κ1) is 16.5. The number of rotatable bonds is 3. The van der Waals surface area contributed by atoms with Crippen LogP contribution < -0.4 is 15.5 Å². The highest BCUT2D eigenvalue weighted by atomic mass is 32.1. The number of carbonyl (C=O) groups is 1. The molecule has 0 spiro atoms. The normalized spacial score (nSPS) is 14.7. The number of hydrogen-bond donors (Lipinski definition) is 2. The van der Waals surface area contributed by atoms with Gasteiger partial charge in [0, 0.05) is 13.1 Å². The molecule has 0 radical (unpaired) electrons. The van der Waals surface area contributed by atoms with Gasteiger partial charge >= 0.3 is 12.2 Å². The topological polar surface area (TPSA) is 70.2 Å². The molecule has 2 heterocycles. The van der Waals surface area contributed by atoms with Crippen molar-refractivity contribution >= 4 is 33.3 Å². The second-order valence-electron chi connectivity index (χ2n) is 5.21. The van der Waals surface area contributed by atoms with Crippen LogP contribution in [0.25, 0.3) is 0 Å². The second kappa shape index (κ2) is 6.63. The Bertz CT molecular complexity index is 727. The van der Waals surface area contributed by atoms with Crippen LogP contribution in [-0.2, 0) is 6.18 Å². The summed E-state index contributed by atoms with van der Waals surface area (Å²) >= 11 is 1.19. The van der Waals surface area contributed by atoms with Crippen LogP contribution in [0.3, 0.4) is 0 Å². The van der Waals surface area contributed by atoms with Crippen molar-refractivity contribution in [3.05, 3.63) is 29.8 Å². The van der Waals surface area contributed by atoms with E-state index in [0.717, 1.165) is 32.0 Å². The maximum atomic E-state index is 12.9. The molecule has 0 unspecified atom stereocenters. The zero-order chi connectivity index (χ0) is 17.2. The van der Waals surface area contributed by atoms with E-state index in [1.165, 1.54) is 29.5 Å². The molecule has 128 valence electrons. The van der Waals surface area contributed by atoms with Gasteiger partial charge < -0.3 is 10.2 Å². The lowest BCUT2D eigenvalue weighted by Gasteiger charge is -2.13.